The molecule has 0 aliphatic rings. The van der Waals surface area contributed by atoms with E-state index in [0.717, 1.165) is 67.6 Å². The van der Waals surface area contributed by atoms with E-state index in [1.807, 2.05) is 43.3 Å². The van der Waals surface area contributed by atoms with E-state index in [2.05, 4.69) is 45.8 Å². The predicted molar refractivity (Wildman–Crippen MR) is 177 cm³/mol. The third-order valence-corrected chi connectivity index (χ3v) is 8.75. The molecular formula is C36H46BrN3O3. The Kier molecular flexibility index (Phi) is 14.2. The summed E-state index contributed by atoms with van der Waals surface area (Å²) in [6.07, 6.45) is 16.2. The van der Waals surface area contributed by atoms with Gasteiger partial charge in [-0.25, -0.2) is 14.8 Å². The normalized spacial score (nSPS) is 13.1. The molecule has 6 nitrogen and oxygen atoms in total. The van der Waals surface area contributed by atoms with Crippen LogP contribution in [0.2, 0.25) is 0 Å². The van der Waals surface area contributed by atoms with Gasteiger partial charge in [-0.15, -0.1) is 0 Å². The first-order valence-electron chi connectivity index (χ1n) is 15.8. The first kappa shape index (κ1) is 34.3. The summed E-state index contributed by atoms with van der Waals surface area (Å²) >= 11 is 3.54. The van der Waals surface area contributed by atoms with Crippen molar-refractivity contribution < 1.29 is 14.3 Å². The highest BCUT2D eigenvalue weighted by Gasteiger charge is 2.41. The van der Waals surface area contributed by atoms with Crippen molar-refractivity contribution in [2.24, 2.45) is 11.3 Å². The maximum absolute atomic E-state index is 13.1. The molecule has 0 fully saturated rings. The lowest BCUT2D eigenvalue weighted by Gasteiger charge is -2.26. The Morgan fingerprint density at radius 1 is 0.884 bits per heavy atom. The predicted octanol–water partition coefficient (Wildman–Crippen LogP) is 10.4. The number of nitrogens with zero attached hydrogens (tertiary/aromatic N) is 3. The molecule has 0 saturated heterocycles. The van der Waals surface area contributed by atoms with Gasteiger partial charge in [-0.2, -0.15) is 5.26 Å². The number of rotatable bonds is 18. The van der Waals surface area contributed by atoms with Crippen molar-refractivity contribution in [3.63, 3.8) is 0 Å². The first-order chi connectivity index (χ1) is 20.8. The molecule has 0 amide bonds. The van der Waals surface area contributed by atoms with Gasteiger partial charge in [0.25, 0.3) is 0 Å². The average Bonchev–Trinajstić information content (AvgIpc) is 3.03. The summed E-state index contributed by atoms with van der Waals surface area (Å²) in [4.78, 5) is 22.3. The highest BCUT2D eigenvalue weighted by Crippen LogP contribution is 2.36. The van der Waals surface area contributed by atoms with Crippen LogP contribution in [0.5, 0.6) is 11.5 Å². The molecule has 0 spiro atoms. The Morgan fingerprint density at radius 2 is 1.49 bits per heavy atom. The molecule has 0 unspecified atom stereocenters. The largest absolute Gasteiger partial charge is 0.494 e. The van der Waals surface area contributed by atoms with E-state index in [1.54, 1.807) is 25.4 Å². The number of hydrogen-bond donors (Lipinski definition) is 0. The van der Waals surface area contributed by atoms with Crippen molar-refractivity contribution in [3.8, 4) is 40.1 Å². The van der Waals surface area contributed by atoms with E-state index < -0.39 is 11.4 Å². The second kappa shape index (κ2) is 17.8. The van der Waals surface area contributed by atoms with Crippen molar-refractivity contribution in [3.05, 3.63) is 59.3 Å². The lowest BCUT2D eigenvalue weighted by atomic mass is 9.76. The number of carbonyl (C=O) groups is 1. The topological polar surface area (TPSA) is 85.1 Å². The standard InChI is InChI=1S/C36H46BrN3O3/c1-5-7-9-11-12-14-22-42-31-19-16-28(17-20-31)34-39-24-30(25-40-34)29-18-21-33(32(37)23-29)43-35(41)36(4,26-38)27(3)15-13-10-8-6-2/h16-21,23-25,27H,5-15,22H2,1-4H3/t27-,36+/m1/s1. The van der Waals surface area contributed by atoms with E-state index in [0.29, 0.717) is 16.0 Å². The van der Waals surface area contributed by atoms with Crippen LogP contribution in [0, 0.1) is 22.7 Å². The van der Waals surface area contributed by atoms with Crippen molar-refractivity contribution in [1.82, 2.24) is 9.97 Å². The van der Waals surface area contributed by atoms with Crippen LogP contribution in [0.1, 0.15) is 98.3 Å². The fourth-order valence-corrected chi connectivity index (χ4v) is 5.35. The molecule has 0 aliphatic heterocycles. The zero-order valence-corrected chi connectivity index (χ0v) is 27.8. The minimum Gasteiger partial charge on any atom is -0.494 e. The van der Waals surface area contributed by atoms with Gasteiger partial charge in [0.1, 0.15) is 11.5 Å². The van der Waals surface area contributed by atoms with Gasteiger partial charge in [-0.3, -0.25) is 0 Å². The highest BCUT2D eigenvalue weighted by molar-refractivity contribution is 9.10. The molecular weight excluding hydrogens is 602 g/mol. The summed E-state index contributed by atoms with van der Waals surface area (Å²) in [5, 5.41) is 9.88. The fraction of sp³-hybridized carbons (Fsp3) is 0.500. The molecule has 1 heterocycles. The zero-order valence-electron chi connectivity index (χ0n) is 26.2. The number of hydrogen-bond acceptors (Lipinski definition) is 6. The minimum absolute atomic E-state index is 0.107. The molecule has 2 atom stereocenters. The number of aromatic nitrogens is 2. The Bertz CT molecular complexity index is 1320. The molecule has 0 N–H and O–H groups in total. The minimum atomic E-state index is -1.22. The van der Waals surface area contributed by atoms with Gasteiger partial charge in [0, 0.05) is 23.5 Å². The second-order valence-electron chi connectivity index (χ2n) is 11.5. The number of esters is 1. The molecule has 0 bridgehead atoms. The molecule has 2 aromatic carbocycles. The van der Waals surface area contributed by atoms with Crippen LogP contribution in [0.15, 0.2) is 59.3 Å². The van der Waals surface area contributed by atoms with E-state index in [9.17, 15) is 10.1 Å². The van der Waals surface area contributed by atoms with Gasteiger partial charge in [0.05, 0.1) is 17.1 Å². The highest BCUT2D eigenvalue weighted by atomic mass is 79.9. The number of halogens is 1. The lowest BCUT2D eigenvalue weighted by Crippen LogP contribution is -2.36. The van der Waals surface area contributed by atoms with Crippen molar-refractivity contribution in [2.45, 2.75) is 98.3 Å². The van der Waals surface area contributed by atoms with E-state index in [1.165, 1.54) is 32.1 Å². The van der Waals surface area contributed by atoms with Crippen LogP contribution in [-0.2, 0) is 4.79 Å². The molecule has 3 rings (SSSR count). The Balaban J connectivity index is 1.57. The first-order valence-corrected chi connectivity index (χ1v) is 16.6. The summed E-state index contributed by atoms with van der Waals surface area (Å²) in [6.45, 7) is 8.77. The maximum Gasteiger partial charge on any atom is 0.331 e. The monoisotopic (exact) mass is 647 g/mol. The van der Waals surface area contributed by atoms with E-state index >= 15 is 0 Å². The number of ether oxygens (including phenoxy) is 2. The average molecular weight is 649 g/mol. The summed E-state index contributed by atoms with van der Waals surface area (Å²) in [5.74, 6) is 1.23. The molecule has 0 aliphatic carbocycles. The quantitative estimate of drug-likeness (QED) is 0.0775. The second-order valence-corrected chi connectivity index (χ2v) is 12.4. The Labute approximate surface area is 266 Å². The molecule has 1 aromatic heterocycles. The van der Waals surface area contributed by atoms with Crippen LogP contribution >= 0.6 is 15.9 Å². The van der Waals surface area contributed by atoms with Crippen LogP contribution in [0.3, 0.4) is 0 Å². The summed E-state index contributed by atoms with van der Waals surface area (Å²) in [6, 6.07) is 15.6. The Hall–Kier alpha value is -3.24. The maximum atomic E-state index is 13.1. The summed E-state index contributed by atoms with van der Waals surface area (Å²) in [7, 11) is 0. The number of benzene rings is 2. The van der Waals surface area contributed by atoms with Gasteiger partial charge < -0.3 is 9.47 Å². The van der Waals surface area contributed by atoms with Crippen LogP contribution in [-0.4, -0.2) is 22.5 Å². The van der Waals surface area contributed by atoms with Gasteiger partial charge in [0.2, 0.25) is 0 Å². The van der Waals surface area contributed by atoms with Crippen LogP contribution < -0.4 is 9.47 Å². The van der Waals surface area contributed by atoms with Crippen LogP contribution in [0.4, 0.5) is 0 Å². The van der Waals surface area contributed by atoms with E-state index in [4.69, 9.17) is 9.47 Å². The molecule has 3 aromatic rings. The van der Waals surface area contributed by atoms with Gasteiger partial charge in [-0.1, -0.05) is 84.6 Å². The molecule has 230 valence electrons. The third kappa shape index (κ3) is 10.2. The summed E-state index contributed by atoms with van der Waals surface area (Å²) in [5.41, 5.74) is 1.42. The lowest BCUT2D eigenvalue weighted by molar-refractivity contribution is -0.144. The molecule has 43 heavy (non-hydrogen) atoms. The van der Waals surface area contributed by atoms with E-state index in [-0.39, 0.29) is 5.92 Å². The van der Waals surface area contributed by atoms with Crippen molar-refractivity contribution in [1.29, 1.82) is 5.26 Å². The number of nitriles is 1. The SMILES string of the molecule is CCCCCCCCOc1ccc(-c2ncc(-c3ccc(OC(=O)[C@@](C)(C#N)[C@H](C)CCCCCC)c(Br)c3)cn2)cc1. The van der Waals surface area contributed by atoms with Gasteiger partial charge >= 0.3 is 5.97 Å². The fourth-order valence-electron chi connectivity index (χ4n) is 4.89. The number of carbonyl (C=O) groups excluding carboxylic acids is 1. The van der Waals surface area contributed by atoms with Gasteiger partial charge in [0.15, 0.2) is 11.2 Å². The van der Waals surface area contributed by atoms with Gasteiger partial charge in [-0.05, 0) is 83.6 Å². The zero-order chi connectivity index (χ0) is 31.1. The molecule has 0 saturated carbocycles. The Morgan fingerprint density at radius 3 is 2.12 bits per heavy atom. The van der Waals surface area contributed by atoms with Crippen LogP contribution in [0.25, 0.3) is 22.5 Å². The number of unbranched alkanes of at least 4 members (excludes halogenated alkanes) is 8. The van der Waals surface area contributed by atoms with Crippen molar-refractivity contribution >= 4 is 21.9 Å². The third-order valence-electron chi connectivity index (χ3n) is 8.13. The van der Waals surface area contributed by atoms with Crippen molar-refractivity contribution in [2.75, 3.05) is 6.61 Å². The summed E-state index contributed by atoms with van der Waals surface area (Å²) < 4.78 is 12.2. The molecule has 0 radical (unpaired) electrons. The molecule has 7 heteroatoms. The smallest absolute Gasteiger partial charge is 0.331 e.